The third kappa shape index (κ3) is 2.73. The molecule has 1 unspecified atom stereocenters. The zero-order valence-corrected chi connectivity index (χ0v) is 13.6. The lowest BCUT2D eigenvalue weighted by Gasteiger charge is -2.45. The molecule has 4 nitrogen and oxygen atoms in total. The predicted octanol–water partition coefficient (Wildman–Crippen LogP) is 3.05. The number of sulfonamides is 1. The van der Waals surface area contributed by atoms with Gasteiger partial charge in [0.1, 0.15) is 4.90 Å². The molecule has 1 atom stereocenters. The van der Waals surface area contributed by atoms with Crippen LogP contribution in [0.2, 0.25) is 0 Å². The van der Waals surface area contributed by atoms with E-state index in [2.05, 4.69) is 4.40 Å². The Morgan fingerprint density at radius 2 is 1.91 bits per heavy atom. The van der Waals surface area contributed by atoms with E-state index < -0.39 is 27.5 Å². The summed E-state index contributed by atoms with van der Waals surface area (Å²) in [6, 6.07) is 6.41. The molecule has 126 valence electrons. The maximum atomic E-state index is 13.2. The van der Waals surface area contributed by atoms with Gasteiger partial charge in [-0.05, 0) is 24.0 Å². The van der Waals surface area contributed by atoms with E-state index in [0.29, 0.717) is 5.56 Å². The minimum Gasteiger partial charge on any atom is -0.355 e. The minimum atomic E-state index is -4.25. The average molecular weight is 346 g/mol. The van der Waals surface area contributed by atoms with E-state index in [1.165, 1.54) is 6.07 Å². The van der Waals surface area contributed by atoms with Crippen molar-refractivity contribution in [2.75, 3.05) is 13.1 Å². The maximum absolute atomic E-state index is 13.2. The van der Waals surface area contributed by atoms with Crippen LogP contribution in [0.15, 0.2) is 33.6 Å². The van der Waals surface area contributed by atoms with Crippen molar-refractivity contribution in [1.29, 1.82) is 0 Å². The zero-order chi connectivity index (χ0) is 17.0. The Bertz CT molecular complexity index is 769. The van der Waals surface area contributed by atoms with E-state index in [0.717, 1.165) is 0 Å². The molecule has 8 heteroatoms. The molecule has 0 aliphatic carbocycles. The van der Waals surface area contributed by atoms with Gasteiger partial charge in [-0.15, -0.1) is 4.40 Å². The Morgan fingerprint density at radius 3 is 2.52 bits per heavy atom. The summed E-state index contributed by atoms with van der Waals surface area (Å²) in [7, 11) is -3.76. The topological polar surface area (TPSA) is 49.7 Å². The summed E-state index contributed by atoms with van der Waals surface area (Å²) in [6.45, 7) is 3.37. The number of nitrogens with zero attached hydrogens (tertiary/aromatic N) is 2. The molecule has 23 heavy (non-hydrogen) atoms. The number of likely N-dealkylation sites (tertiary alicyclic amines) is 1. The number of alkyl halides is 3. The van der Waals surface area contributed by atoms with Crippen LogP contribution in [0.3, 0.4) is 0 Å². The van der Waals surface area contributed by atoms with E-state index in [-0.39, 0.29) is 30.2 Å². The summed E-state index contributed by atoms with van der Waals surface area (Å²) in [5.74, 6) is -1.14. The molecule has 2 aliphatic heterocycles. The summed E-state index contributed by atoms with van der Waals surface area (Å²) >= 11 is 0. The molecule has 0 aromatic heterocycles. The first-order valence-electron chi connectivity index (χ1n) is 7.28. The van der Waals surface area contributed by atoms with Crippen LogP contribution in [-0.4, -0.2) is 38.4 Å². The van der Waals surface area contributed by atoms with Crippen LogP contribution < -0.4 is 0 Å². The van der Waals surface area contributed by atoms with Gasteiger partial charge in [0.2, 0.25) is 0 Å². The van der Waals surface area contributed by atoms with Crippen molar-refractivity contribution < 1.29 is 21.6 Å². The van der Waals surface area contributed by atoms with E-state index in [4.69, 9.17) is 0 Å². The highest BCUT2D eigenvalue weighted by Gasteiger charge is 2.52. The molecule has 3 rings (SSSR count). The number of amidine groups is 1. The third-order valence-electron chi connectivity index (χ3n) is 4.54. The quantitative estimate of drug-likeness (QED) is 0.725. The Morgan fingerprint density at radius 1 is 1.26 bits per heavy atom. The molecule has 2 aliphatic rings. The lowest BCUT2D eigenvalue weighted by Crippen LogP contribution is -2.52. The highest BCUT2D eigenvalue weighted by Crippen LogP contribution is 2.45. The molecule has 0 spiro atoms. The molecule has 2 heterocycles. The summed E-state index contributed by atoms with van der Waals surface area (Å²) in [6.07, 6.45) is -4.32. The van der Waals surface area contributed by atoms with Crippen molar-refractivity contribution in [2.45, 2.75) is 31.3 Å². The smallest absolute Gasteiger partial charge is 0.355 e. The van der Waals surface area contributed by atoms with Crippen LogP contribution >= 0.6 is 0 Å². The number of rotatable bonds is 0. The standard InChI is InChI=1S/C15H17F3N2O2S/c1-14(2)9-20(8-7-12(14)15(16,17)18)13-10-5-3-4-6-11(10)23(21,22)19-13/h3-6,12H,7-9H2,1-2H3. The van der Waals surface area contributed by atoms with Crippen molar-refractivity contribution in [1.82, 2.24) is 4.90 Å². The van der Waals surface area contributed by atoms with Gasteiger partial charge in [-0.1, -0.05) is 26.0 Å². The van der Waals surface area contributed by atoms with Crippen LogP contribution in [0.5, 0.6) is 0 Å². The molecule has 1 saturated heterocycles. The van der Waals surface area contributed by atoms with Crippen LogP contribution in [-0.2, 0) is 10.0 Å². The van der Waals surface area contributed by atoms with Gasteiger partial charge in [0.15, 0.2) is 5.84 Å². The second kappa shape index (κ2) is 4.96. The minimum absolute atomic E-state index is 0.0717. The van der Waals surface area contributed by atoms with Crippen LogP contribution in [0, 0.1) is 11.3 Å². The van der Waals surface area contributed by atoms with Gasteiger partial charge in [-0.3, -0.25) is 0 Å². The second-order valence-corrected chi connectivity index (χ2v) is 8.25. The Kier molecular flexibility index (Phi) is 3.51. The average Bonchev–Trinajstić information content (AvgIpc) is 2.69. The number of fused-ring (bicyclic) bond motifs is 1. The fourth-order valence-corrected chi connectivity index (χ4v) is 4.69. The van der Waals surface area contributed by atoms with Crippen molar-refractivity contribution in [2.24, 2.45) is 15.7 Å². The summed E-state index contributed by atoms with van der Waals surface area (Å²) < 4.78 is 67.5. The fraction of sp³-hybridized carbons (Fsp3) is 0.533. The van der Waals surface area contributed by atoms with Crippen molar-refractivity contribution in [3.63, 3.8) is 0 Å². The highest BCUT2D eigenvalue weighted by atomic mass is 32.2. The molecule has 0 saturated carbocycles. The molecule has 0 radical (unpaired) electrons. The lowest BCUT2D eigenvalue weighted by atomic mass is 9.73. The molecular weight excluding hydrogens is 329 g/mol. The van der Waals surface area contributed by atoms with Crippen LogP contribution in [0.1, 0.15) is 25.8 Å². The predicted molar refractivity (Wildman–Crippen MR) is 79.7 cm³/mol. The van der Waals surface area contributed by atoms with E-state index >= 15 is 0 Å². The van der Waals surface area contributed by atoms with Gasteiger partial charge in [0, 0.05) is 18.7 Å². The van der Waals surface area contributed by atoms with Gasteiger partial charge >= 0.3 is 6.18 Å². The summed E-state index contributed by atoms with van der Waals surface area (Å²) in [4.78, 5) is 1.77. The maximum Gasteiger partial charge on any atom is 0.392 e. The van der Waals surface area contributed by atoms with Crippen LogP contribution in [0.4, 0.5) is 13.2 Å². The number of benzene rings is 1. The second-order valence-electron chi connectivity index (χ2n) is 6.68. The zero-order valence-electron chi connectivity index (χ0n) is 12.8. The first kappa shape index (κ1) is 16.3. The highest BCUT2D eigenvalue weighted by molar-refractivity contribution is 7.90. The Hall–Kier alpha value is -1.57. The molecule has 0 N–H and O–H groups in total. The van der Waals surface area contributed by atoms with Crippen molar-refractivity contribution in [3.8, 4) is 0 Å². The number of hydrogen-bond donors (Lipinski definition) is 0. The Balaban J connectivity index is 1.94. The van der Waals surface area contributed by atoms with Gasteiger partial charge < -0.3 is 4.90 Å². The monoisotopic (exact) mass is 346 g/mol. The van der Waals surface area contributed by atoms with E-state index in [1.54, 1.807) is 36.9 Å². The van der Waals surface area contributed by atoms with Gasteiger partial charge in [0.05, 0.1) is 5.92 Å². The third-order valence-corrected chi connectivity index (χ3v) is 5.86. The number of piperidine rings is 1. The molecule has 1 fully saturated rings. The first-order valence-corrected chi connectivity index (χ1v) is 8.72. The van der Waals surface area contributed by atoms with Crippen LogP contribution in [0.25, 0.3) is 0 Å². The van der Waals surface area contributed by atoms with Crippen molar-refractivity contribution >= 4 is 15.9 Å². The SMILES string of the molecule is CC1(C)CN(C2=NS(=O)(=O)c3ccccc32)CCC1C(F)(F)F. The number of halogens is 3. The van der Waals surface area contributed by atoms with Gasteiger partial charge in [-0.25, -0.2) is 0 Å². The fourth-order valence-electron chi connectivity index (χ4n) is 3.46. The molecule has 1 aromatic carbocycles. The summed E-state index contributed by atoms with van der Waals surface area (Å²) in [5.41, 5.74) is -0.547. The largest absolute Gasteiger partial charge is 0.392 e. The number of hydrogen-bond acceptors (Lipinski definition) is 3. The molecular formula is C15H17F3N2O2S. The Labute approximate surface area is 133 Å². The van der Waals surface area contributed by atoms with E-state index in [9.17, 15) is 21.6 Å². The van der Waals surface area contributed by atoms with E-state index in [1.807, 2.05) is 0 Å². The molecule has 1 aromatic rings. The first-order chi connectivity index (χ1) is 10.5. The molecule has 0 amide bonds. The summed E-state index contributed by atoms with van der Waals surface area (Å²) in [5, 5.41) is 0. The van der Waals surface area contributed by atoms with Gasteiger partial charge in [-0.2, -0.15) is 21.6 Å². The van der Waals surface area contributed by atoms with Gasteiger partial charge in [0.25, 0.3) is 10.0 Å². The van der Waals surface area contributed by atoms with Crippen molar-refractivity contribution in [3.05, 3.63) is 29.8 Å². The molecule has 0 bridgehead atoms. The lowest BCUT2D eigenvalue weighted by molar-refractivity contribution is -0.213. The normalized spacial score (nSPS) is 25.9.